The Kier molecular flexibility index (Phi) is 3.08. The van der Waals surface area contributed by atoms with Crippen LogP contribution in [0.5, 0.6) is 0 Å². The maximum absolute atomic E-state index is 12.4. The molecule has 2 aliphatic rings. The molecule has 1 aromatic heterocycles. The maximum atomic E-state index is 12.4. The molecule has 1 atom stereocenters. The highest BCUT2D eigenvalue weighted by Gasteiger charge is 2.46. The molecule has 0 aliphatic carbocycles. The molecule has 5 heteroatoms. The molecular weight excluding hydrogens is 278 g/mol. The van der Waals surface area contributed by atoms with Gasteiger partial charge in [0.05, 0.1) is 25.0 Å². The summed E-state index contributed by atoms with van der Waals surface area (Å²) in [6, 6.07) is 11.8. The van der Waals surface area contributed by atoms with E-state index in [1.807, 2.05) is 23.1 Å². The normalized spacial score (nSPS) is 22.8. The monoisotopic (exact) mass is 295 g/mol. The Morgan fingerprint density at radius 3 is 3.05 bits per heavy atom. The lowest BCUT2D eigenvalue weighted by molar-refractivity contribution is -0.0269. The lowest BCUT2D eigenvalue weighted by atomic mass is 9.92. The van der Waals surface area contributed by atoms with Crippen molar-refractivity contribution in [2.24, 2.45) is 0 Å². The Balaban J connectivity index is 1.50. The first-order chi connectivity index (χ1) is 10.8. The summed E-state index contributed by atoms with van der Waals surface area (Å²) in [5, 5.41) is 2.88. The van der Waals surface area contributed by atoms with Crippen molar-refractivity contribution >= 4 is 11.7 Å². The molecule has 1 fully saturated rings. The van der Waals surface area contributed by atoms with Crippen LogP contribution in [0.2, 0.25) is 0 Å². The lowest BCUT2D eigenvalue weighted by Gasteiger charge is -2.24. The number of anilines is 1. The Bertz CT molecular complexity index is 704. The van der Waals surface area contributed by atoms with Crippen LogP contribution in [0.4, 0.5) is 10.5 Å². The van der Waals surface area contributed by atoms with Crippen molar-refractivity contribution in [1.82, 2.24) is 9.88 Å². The summed E-state index contributed by atoms with van der Waals surface area (Å²) in [4.78, 5) is 18.2. The molecule has 1 spiro atoms. The smallest absolute Gasteiger partial charge is 0.322 e. The van der Waals surface area contributed by atoms with Gasteiger partial charge in [-0.05, 0) is 23.3 Å². The molecule has 5 nitrogen and oxygen atoms in total. The fourth-order valence-corrected chi connectivity index (χ4v) is 3.32. The maximum Gasteiger partial charge on any atom is 0.322 e. The van der Waals surface area contributed by atoms with E-state index in [4.69, 9.17) is 4.74 Å². The minimum atomic E-state index is -0.330. The van der Waals surface area contributed by atoms with Gasteiger partial charge in [-0.25, -0.2) is 4.79 Å². The van der Waals surface area contributed by atoms with Crippen molar-refractivity contribution in [2.45, 2.75) is 18.6 Å². The van der Waals surface area contributed by atoms with Crippen LogP contribution >= 0.6 is 0 Å². The van der Waals surface area contributed by atoms with Gasteiger partial charge in [0.1, 0.15) is 5.60 Å². The van der Waals surface area contributed by atoms with Crippen molar-refractivity contribution in [1.29, 1.82) is 0 Å². The molecule has 22 heavy (non-hydrogen) atoms. The fourth-order valence-electron chi connectivity index (χ4n) is 3.32. The highest BCUT2D eigenvalue weighted by Crippen LogP contribution is 2.43. The minimum absolute atomic E-state index is 0.0992. The van der Waals surface area contributed by atoms with Crippen molar-refractivity contribution in [3.8, 4) is 0 Å². The molecule has 1 saturated heterocycles. The fraction of sp³-hybridized carbons (Fsp3) is 0.294. The van der Waals surface area contributed by atoms with E-state index in [9.17, 15) is 4.79 Å². The van der Waals surface area contributed by atoms with E-state index in [-0.39, 0.29) is 11.6 Å². The van der Waals surface area contributed by atoms with Crippen LogP contribution in [0.1, 0.15) is 17.5 Å². The van der Waals surface area contributed by atoms with Gasteiger partial charge in [0.2, 0.25) is 0 Å². The highest BCUT2D eigenvalue weighted by molar-refractivity contribution is 5.89. The zero-order chi connectivity index (χ0) is 15.0. The summed E-state index contributed by atoms with van der Waals surface area (Å²) in [6.45, 7) is 1.92. The van der Waals surface area contributed by atoms with Gasteiger partial charge < -0.3 is 15.0 Å². The van der Waals surface area contributed by atoms with Gasteiger partial charge in [0, 0.05) is 19.2 Å². The number of carbonyl (C=O) groups excluding carboxylic acids is 1. The van der Waals surface area contributed by atoms with E-state index in [0.29, 0.717) is 25.4 Å². The molecule has 2 amide bonds. The van der Waals surface area contributed by atoms with E-state index in [1.165, 1.54) is 11.1 Å². The predicted molar refractivity (Wildman–Crippen MR) is 82.4 cm³/mol. The van der Waals surface area contributed by atoms with Crippen LogP contribution in [0.15, 0.2) is 48.8 Å². The number of carbonyl (C=O) groups is 1. The lowest BCUT2D eigenvalue weighted by Crippen LogP contribution is -2.36. The summed E-state index contributed by atoms with van der Waals surface area (Å²) in [5.41, 5.74) is 2.84. The quantitative estimate of drug-likeness (QED) is 0.880. The van der Waals surface area contributed by atoms with E-state index >= 15 is 0 Å². The molecule has 0 bridgehead atoms. The van der Waals surface area contributed by atoms with Crippen molar-refractivity contribution in [3.05, 3.63) is 59.9 Å². The van der Waals surface area contributed by atoms with E-state index in [0.717, 1.165) is 6.42 Å². The van der Waals surface area contributed by atoms with Crippen LogP contribution in [0.3, 0.4) is 0 Å². The van der Waals surface area contributed by atoms with Gasteiger partial charge in [0.25, 0.3) is 0 Å². The number of ether oxygens (including phenoxy) is 1. The number of rotatable bonds is 1. The number of likely N-dealkylation sites (tertiary alicyclic amines) is 1. The van der Waals surface area contributed by atoms with Crippen LogP contribution in [-0.2, 0) is 16.9 Å². The minimum Gasteiger partial charge on any atom is -0.364 e. The van der Waals surface area contributed by atoms with Crippen molar-refractivity contribution in [3.63, 3.8) is 0 Å². The number of hydrogen-bond donors (Lipinski definition) is 1. The SMILES string of the molecule is O=C(Nc1cccnc1)N1CC[C@]2(C1)OCc1ccccc12. The number of fused-ring (bicyclic) bond motifs is 2. The first-order valence-electron chi connectivity index (χ1n) is 7.45. The number of nitrogens with one attached hydrogen (secondary N) is 1. The molecule has 1 N–H and O–H groups in total. The number of urea groups is 1. The van der Waals surface area contributed by atoms with Crippen molar-refractivity contribution < 1.29 is 9.53 Å². The third kappa shape index (κ3) is 2.14. The molecule has 0 radical (unpaired) electrons. The summed E-state index contributed by atoms with van der Waals surface area (Å²) < 4.78 is 6.07. The van der Waals surface area contributed by atoms with E-state index in [1.54, 1.807) is 18.5 Å². The first kappa shape index (κ1) is 13.3. The Morgan fingerprint density at radius 1 is 1.27 bits per heavy atom. The molecule has 0 saturated carbocycles. The topological polar surface area (TPSA) is 54.5 Å². The van der Waals surface area contributed by atoms with Crippen LogP contribution in [0, 0.1) is 0 Å². The second-order valence-electron chi connectivity index (χ2n) is 5.78. The van der Waals surface area contributed by atoms with Crippen LogP contribution in [0.25, 0.3) is 0 Å². The number of nitrogens with zero attached hydrogens (tertiary/aromatic N) is 2. The Morgan fingerprint density at radius 2 is 2.18 bits per heavy atom. The number of amides is 2. The average molecular weight is 295 g/mol. The second-order valence-corrected chi connectivity index (χ2v) is 5.78. The molecule has 4 rings (SSSR count). The van der Waals surface area contributed by atoms with Gasteiger partial charge >= 0.3 is 6.03 Å². The van der Waals surface area contributed by atoms with Gasteiger partial charge in [-0.2, -0.15) is 0 Å². The summed E-state index contributed by atoms with van der Waals surface area (Å²) >= 11 is 0. The van der Waals surface area contributed by atoms with Gasteiger partial charge in [-0.15, -0.1) is 0 Å². The Hall–Kier alpha value is -2.40. The predicted octanol–water partition coefficient (Wildman–Crippen LogP) is 2.74. The number of pyridine rings is 1. The van der Waals surface area contributed by atoms with Gasteiger partial charge in [-0.3, -0.25) is 4.98 Å². The molecule has 1 aromatic carbocycles. The van der Waals surface area contributed by atoms with E-state index < -0.39 is 0 Å². The second kappa shape index (κ2) is 5.10. The van der Waals surface area contributed by atoms with Gasteiger partial charge in [0.15, 0.2) is 0 Å². The van der Waals surface area contributed by atoms with Gasteiger partial charge in [-0.1, -0.05) is 24.3 Å². The molecule has 3 heterocycles. The first-order valence-corrected chi connectivity index (χ1v) is 7.45. The van der Waals surface area contributed by atoms with Crippen molar-refractivity contribution in [2.75, 3.05) is 18.4 Å². The molecule has 2 aromatic rings. The molecule has 2 aliphatic heterocycles. The largest absolute Gasteiger partial charge is 0.364 e. The molecular formula is C17H17N3O2. The Labute approximate surface area is 128 Å². The zero-order valence-electron chi connectivity index (χ0n) is 12.2. The third-order valence-electron chi connectivity index (χ3n) is 4.44. The molecule has 112 valence electrons. The number of aromatic nitrogens is 1. The zero-order valence-corrected chi connectivity index (χ0v) is 12.2. The average Bonchev–Trinajstić information content (AvgIpc) is 3.15. The number of hydrogen-bond acceptors (Lipinski definition) is 3. The summed E-state index contributed by atoms with van der Waals surface area (Å²) in [5.74, 6) is 0. The number of benzene rings is 1. The molecule has 0 unspecified atom stereocenters. The summed E-state index contributed by atoms with van der Waals surface area (Å²) in [6.07, 6.45) is 4.17. The van der Waals surface area contributed by atoms with Crippen LogP contribution < -0.4 is 5.32 Å². The third-order valence-corrected chi connectivity index (χ3v) is 4.44. The standard InChI is InChI=1S/C17H17N3O2/c21-16(19-14-5-3-8-18-10-14)20-9-7-17(12-20)15-6-2-1-4-13(15)11-22-17/h1-6,8,10H,7,9,11-12H2,(H,19,21)/t17-/m1/s1. The summed E-state index contributed by atoms with van der Waals surface area (Å²) in [7, 11) is 0. The van der Waals surface area contributed by atoms with Crippen LogP contribution in [-0.4, -0.2) is 29.0 Å². The highest BCUT2D eigenvalue weighted by atomic mass is 16.5. The van der Waals surface area contributed by atoms with E-state index in [2.05, 4.69) is 22.4 Å².